The Balaban J connectivity index is 1.82. The number of Topliss-reactive ketones (excluding diaryl/α,β-unsaturated/α-hetero) is 1. The van der Waals surface area contributed by atoms with Gasteiger partial charge in [-0.1, -0.05) is 61.3 Å². The van der Waals surface area contributed by atoms with Gasteiger partial charge in [0.2, 0.25) is 0 Å². The second-order valence-corrected chi connectivity index (χ2v) is 9.35. The Hall–Kier alpha value is -2.34. The summed E-state index contributed by atoms with van der Waals surface area (Å²) in [6.07, 6.45) is 1.62. The molecule has 2 unspecified atom stereocenters. The highest BCUT2D eigenvalue weighted by molar-refractivity contribution is 6.46. The molecular formula is C25H25Cl2NO4. The van der Waals surface area contributed by atoms with Gasteiger partial charge in [0.1, 0.15) is 5.76 Å². The first kappa shape index (κ1) is 22.8. The van der Waals surface area contributed by atoms with Gasteiger partial charge < -0.3 is 14.7 Å². The molecule has 2 fully saturated rings. The largest absolute Gasteiger partial charge is 0.507 e. The summed E-state index contributed by atoms with van der Waals surface area (Å²) in [5.74, 6) is -1.28. The number of carbonyl (C=O) groups excluding carboxylic acids is 2. The van der Waals surface area contributed by atoms with E-state index < -0.39 is 17.7 Å². The van der Waals surface area contributed by atoms with Crippen LogP contribution in [-0.4, -0.2) is 41.0 Å². The number of benzene rings is 2. The lowest BCUT2D eigenvalue weighted by Gasteiger charge is -2.27. The van der Waals surface area contributed by atoms with E-state index in [1.165, 1.54) is 11.0 Å². The minimum Gasteiger partial charge on any atom is -0.507 e. The van der Waals surface area contributed by atoms with Crippen LogP contribution < -0.4 is 0 Å². The summed E-state index contributed by atoms with van der Waals surface area (Å²) < 4.78 is 5.73. The van der Waals surface area contributed by atoms with Gasteiger partial charge in [-0.3, -0.25) is 9.59 Å². The maximum absolute atomic E-state index is 13.1. The fourth-order valence-electron chi connectivity index (χ4n) is 4.28. The van der Waals surface area contributed by atoms with Crippen molar-refractivity contribution < 1.29 is 19.4 Å². The van der Waals surface area contributed by atoms with Gasteiger partial charge in [-0.25, -0.2) is 0 Å². The van der Waals surface area contributed by atoms with E-state index in [-0.39, 0.29) is 22.5 Å². The molecule has 2 atom stereocenters. The average molecular weight is 474 g/mol. The summed E-state index contributed by atoms with van der Waals surface area (Å²) in [5.41, 5.74) is 2.28. The summed E-state index contributed by atoms with van der Waals surface area (Å²) in [5, 5.41) is 11.7. The topological polar surface area (TPSA) is 66.8 Å². The van der Waals surface area contributed by atoms with Crippen LogP contribution >= 0.6 is 23.2 Å². The number of carbonyl (C=O) groups is 2. The predicted octanol–water partition coefficient (Wildman–Crippen LogP) is 5.72. The van der Waals surface area contributed by atoms with Crippen LogP contribution in [0.2, 0.25) is 10.0 Å². The molecule has 1 N–H and O–H groups in total. The molecule has 0 aromatic heterocycles. The van der Waals surface area contributed by atoms with E-state index in [1.54, 1.807) is 12.1 Å². The zero-order valence-electron chi connectivity index (χ0n) is 18.0. The lowest BCUT2D eigenvalue weighted by atomic mass is 9.93. The minimum absolute atomic E-state index is 0.0451. The summed E-state index contributed by atoms with van der Waals surface area (Å²) in [6, 6.07) is 11.7. The number of aliphatic hydroxyl groups excluding tert-OH is 1. The fraction of sp³-hybridized carbons (Fsp3) is 0.360. The van der Waals surface area contributed by atoms with Crippen LogP contribution in [0.4, 0.5) is 0 Å². The molecule has 4 rings (SSSR count). The molecule has 0 aliphatic carbocycles. The predicted molar refractivity (Wildman–Crippen MR) is 125 cm³/mol. The van der Waals surface area contributed by atoms with Crippen LogP contribution in [0.1, 0.15) is 55.3 Å². The third-order valence-corrected chi connectivity index (χ3v) is 6.82. The second kappa shape index (κ2) is 9.26. The van der Waals surface area contributed by atoms with Crippen LogP contribution in [0.3, 0.4) is 0 Å². The molecule has 7 heteroatoms. The van der Waals surface area contributed by atoms with Crippen molar-refractivity contribution in [2.24, 2.45) is 0 Å². The first-order chi connectivity index (χ1) is 15.3. The second-order valence-electron chi connectivity index (χ2n) is 8.54. The van der Waals surface area contributed by atoms with Gasteiger partial charge in [0.25, 0.3) is 11.7 Å². The Morgan fingerprint density at radius 3 is 2.44 bits per heavy atom. The maximum Gasteiger partial charge on any atom is 0.295 e. The molecule has 0 saturated carbocycles. The molecule has 2 saturated heterocycles. The summed E-state index contributed by atoms with van der Waals surface area (Å²) in [6.45, 7) is 5.14. The van der Waals surface area contributed by atoms with E-state index in [0.29, 0.717) is 29.7 Å². The molecule has 1 amide bonds. The van der Waals surface area contributed by atoms with Crippen LogP contribution in [0.5, 0.6) is 0 Å². The number of rotatable bonds is 5. The van der Waals surface area contributed by atoms with E-state index in [2.05, 4.69) is 13.8 Å². The third kappa shape index (κ3) is 4.29. The zero-order chi connectivity index (χ0) is 23.0. The van der Waals surface area contributed by atoms with Crippen LogP contribution in [0.25, 0.3) is 5.76 Å². The van der Waals surface area contributed by atoms with Crippen LogP contribution in [0.15, 0.2) is 48.0 Å². The van der Waals surface area contributed by atoms with E-state index in [9.17, 15) is 14.7 Å². The van der Waals surface area contributed by atoms with Crippen molar-refractivity contribution in [1.29, 1.82) is 0 Å². The normalized spacial score (nSPS) is 22.8. The number of hydrogen-bond donors (Lipinski definition) is 1. The quantitative estimate of drug-likeness (QED) is 0.342. The van der Waals surface area contributed by atoms with Crippen molar-refractivity contribution in [3.05, 3.63) is 74.8 Å². The fourth-order valence-corrected chi connectivity index (χ4v) is 4.58. The van der Waals surface area contributed by atoms with Crippen molar-refractivity contribution in [1.82, 2.24) is 4.90 Å². The van der Waals surface area contributed by atoms with Crippen molar-refractivity contribution in [2.75, 3.05) is 13.2 Å². The van der Waals surface area contributed by atoms with E-state index in [1.807, 2.05) is 24.3 Å². The van der Waals surface area contributed by atoms with Crippen LogP contribution in [-0.2, 0) is 14.3 Å². The van der Waals surface area contributed by atoms with Gasteiger partial charge in [0.15, 0.2) is 0 Å². The number of amides is 1. The summed E-state index contributed by atoms with van der Waals surface area (Å²) in [4.78, 5) is 27.7. The molecule has 32 heavy (non-hydrogen) atoms. The number of aliphatic hydroxyl groups is 1. The molecule has 2 aliphatic rings. The summed E-state index contributed by atoms with van der Waals surface area (Å²) >= 11 is 12.1. The average Bonchev–Trinajstić information content (AvgIpc) is 3.37. The highest BCUT2D eigenvalue weighted by Gasteiger charge is 2.47. The number of ketones is 1. The number of likely N-dealkylation sites (tertiary alicyclic amines) is 1. The van der Waals surface area contributed by atoms with Gasteiger partial charge in [-0.2, -0.15) is 0 Å². The van der Waals surface area contributed by atoms with E-state index in [4.69, 9.17) is 27.9 Å². The zero-order valence-corrected chi connectivity index (χ0v) is 19.5. The molecule has 2 heterocycles. The highest BCUT2D eigenvalue weighted by atomic mass is 35.5. The van der Waals surface area contributed by atoms with Gasteiger partial charge >= 0.3 is 0 Å². The van der Waals surface area contributed by atoms with Gasteiger partial charge in [-0.05, 0) is 48.1 Å². The van der Waals surface area contributed by atoms with Crippen molar-refractivity contribution >= 4 is 40.7 Å². The lowest BCUT2D eigenvalue weighted by molar-refractivity contribution is -0.140. The van der Waals surface area contributed by atoms with Crippen molar-refractivity contribution in [2.45, 2.75) is 44.8 Å². The monoisotopic (exact) mass is 473 g/mol. The molecule has 2 aromatic carbocycles. The van der Waals surface area contributed by atoms with Gasteiger partial charge in [0, 0.05) is 18.7 Å². The molecule has 0 spiro atoms. The molecular weight excluding hydrogens is 449 g/mol. The molecule has 0 bridgehead atoms. The molecule has 2 aromatic rings. The SMILES string of the molecule is CC(C)c1ccc(C2/C(=C(/O)c3ccc(Cl)c(Cl)c3)C(=O)C(=O)N2CC2CCCO2)cc1. The number of ether oxygens (including phenoxy) is 1. The van der Waals surface area contributed by atoms with E-state index >= 15 is 0 Å². The highest BCUT2D eigenvalue weighted by Crippen LogP contribution is 2.41. The summed E-state index contributed by atoms with van der Waals surface area (Å²) in [7, 11) is 0. The molecule has 2 aliphatic heterocycles. The smallest absolute Gasteiger partial charge is 0.295 e. The minimum atomic E-state index is -0.718. The Morgan fingerprint density at radius 2 is 1.84 bits per heavy atom. The number of halogens is 2. The van der Waals surface area contributed by atoms with E-state index in [0.717, 1.165) is 24.0 Å². The van der Waals surface area contributed by atoms with Crippen molar-refractivity contribution in [3.8, 4) is 0 Å². The van der Waals surface area contributed by atoms with Gasteiger partial charge in [0.05, 0.1) is 27.8 Å². The van der Waals surface area contributed by atoms with Crippen molar-refractivity contribution in [3.63, 3.8) is 0 Å². The molecule has 5 nitrogen and oxygen atoms in total. The lowest BCUT2D eigenvalue weighted by Crippen LogP contribution is -2.36. The Kier molecular flexibility index (Phi) is 6.61. The molecule has 168 valence electrons. The van der Waals surface area contributed by atoms with Crippen LogP contribution in [0, 0.1) is 0 Å². The Bertz CT molecular complexity index is 1070. The first-order valence-electron chi connectivity index (χ1n) is 10.7. The Labute approximate surface area is 197 Å². The number of nitrogens with zero attached hydrogens (tertiary/aromatic N) is 1. The maximum atomic E-state index is 13.1. The third-order valence-electron chi connectivity index (χ3n) is 6.08. The molecule has 0 radical (unpaired) electrons. The standard InChI is InChI=1S/C25H25Cl2NO4/c1-14(2)15-5-7-16(8-6-15)22-21(23(29)17-9-10-19(26)20(27)12-17)24(30)25(31)28(22)13-18-4-3-11-32-18/h5-10,12,14,18,22,29H,3-4,11,13H2,1-2H3/b23-21-. The van der Waals surface area contributed by atoms with Gasteiger partial charge in [-0.15, -0.1) is 0 Å². The number of hydrogen-bond acceptors (Lipinski definition) is 4. The first-order valence-corrected chi connectivity index (χ1v) is 11.5. The Morgan fingerprint density at radius 1 is 1.12 bits per heavy atom.